The molecule has 2 aromatic carbocycles. The molecule has 2 rings (SSSR count). The molecule has 0 unspecified atom stereocenters. The Morgan fingerprint density at radius 3 is 1.74 bits per heavy atom. The van der Waals surface area contributed by atoms with E-state index in [9.17, 15) is 0 Å². The second-order valence-electron chi connectivity index (χ2n) is 8.01. The van der Waals surface area contributed by atoms with Crippen LogP contribution in [0.4, 0.5) is 0 Å². The number of hydrogen-bond donors (Lipinski definition) is 0. The first-order chi connectivity index (χ1) is 13.2. The molecule has 0 saturated heterocycles. The Balaban J connectivity index is 2.26. The van der Waals surface area contributed by atoms with Crippen molar-refractivity contribution >= 4 is 18.4 Å². The maximum atomic E-state index is 6.30. The Labute approximate surface area is 171 Å². The van der Waals surface area contributed by atoms with E-state index >= 15 is 0 Å². The summed E-state index contributed by atoms with van der Waals surface area (Å²) in [6, 6.07) is 19.0. The van der Waals surface area contributed by atoms with Crippen molar-refractivity contribution in [2.75, 3.05) is 0 Å². The molecule has 0 amide bonds. The number of hydrogen-bond acceptors (Lipinski definition) is 1. The van der Waals surface area contributed by atoms with Gasteiger partial charge in [0, 0.05) is 0 Å². The van der Waals surface area contributed by atoms with Crippen LogP contribution in [-0.4, -0.2) is 18.4 Å². The number of rotatable bonds is 13. The van der Waals surface area contributed by atoms with Crippen LogP contribution in [0.25, 0.3) is 0 Å². The third-order valence-corrected chi connectivity index (χ3v) is 21.0. The van der Waals surface area contributed by atoms with Crippen LogP contribution in [0, 0.1) is 0 Å². The summed E-state index contributed by atoms with van der Waals surface area (Å²) in [6.45, 7) is 7.05. The Hall–Kier alpha value is -0.961. The van der Waals surface area contributed by atoms with Crippen LogP contribution in [0.15, 0.2) is 54.6 Å². The van der Waals surface area contributed by atoms with Gasteiger partial charge >= 0.3 is 172 Å². The summed E-state index contributed by atoms with van der Waals surface area (Å²) in [7, 11) is 0. The fraction of sp³-hybridized carbons (Fsp3) is 0.520. The van der Waals surface area contributed by atoms with Gasteiger partial charge in [0.25, 0.3) is 0 Å². The van der Waals surface area contributed by atoms with Crippen molar-refractivity contribution < 1.29 is 4.74 Å². The molecule has 0 fully saturated rings. The normalized spacial score (nSPS) is 11.5. The van der Waals surface area contributed by atoms with Crippen molar-refractivity contribution in [3.8, 4) is 11.5 Å². The van der Waals surface area contributed by atoms with Crippen molar-refractivity contribution in [1.29, 1.82) is 0 Å². The molecule has 0 aromatic heterocycles. The molecule has 0 spiro atoms. The molecule has 0 atom stereocenters. The van der Waals surface area contributed by atoms with Crippen LogP contribution in [0.1, 0.15) is 64.9 Å². The topological polar surface area (TPSA) is 9.23 Å². The van der Waals surface area contributed by atoms with Gasteiger partial charge in [-0.25, -0.2) is 0 Å². The standard InChI is InChI=1S/C13H11O.3C4H9.Sn/c1-11-7-5-6-10-13(11)14-12-8-3-2-4-9-12;3*1-3-4-2;/h2-10H,1H2;3*1,3-4H2,2H3;. The molecule has 0 saturated carbocycles. The van der Waals surface area contributed by atoms with Crippen LogP contribution < -0.4 is 4.74 Å². The van der Waals surface area contributed by atoms with E-state index in [-0.39, 0.29) is 0 Å². The Morgan fingerprint density at radius 2 is 1.19 bits per heavy atom. The van der Waals surface area contributed by atoms with Gasteiger partial charge in [0.05, 0.1) is 0 Å². The molecule has 0 radical (unpaired) electrons. The summed E-state index contributed by atoms with van der Waals surface area (Å²) in [5, 5.41) is 0. The van der Waals surface area contributed by atoms with Gasteiger partial charge in [0.15, 0.2) is 0 Å². The van der Waals surface area contributed by atoms with E-state index in [4.69, 9.17) is 4.74 Å². The first-order valence-electron chi connectivity index (χ1n) is 11.0. The van der Waals surface area contributed by atoms with Gasteiger partial charge in [0.1, 0.15) is 0 Å². The SMILES string of the molecule is CCC[CH2][Sn]([CH2]CCC)([CH2]CCC)[CH2]c1ccccc1Oc1ccccc1. The van der Waals surface area contributed by atoms with Gasteiger partial charge in [-0.15, -0.1) is 0 Å². The van der Waals surface area contributed by atoms with E-state index in [0.29, 0.717) is 0 Å². The first-order valence-corrected chi connectivity index (χ1v) is 19.1. The predicted molar refractivity (Wildman–Crippen MR) is 122 cm³/mol. The van der Waals surface area contributed by atoms with Gasteiger partial charge in [-0.2, -0.15) is 0 Å². The fourth-order valence-corrected chi connectivity index (χ4v) is 20.3. The molecule has 1 nitrogen and oxygen atoms in total. The Bertz CT molecular complexity index is 616. The second-order valence-corrected chi connectivity index (χ2v) is 21.9. The molecule has 0 aliphatic heterocycles. The molecule has 0 bridgehead atoms. The molecule has 2 heteroatoms. The zero-order chi connectivity index (χ0) is 19.4. The zero-order valence-corrected chi connectivity index (χ0v) is 20.5. The number of benzene rings is 2. The van der Waals surface area contributed by atoms with E-state index in [1.54, 1.807) is 13.3 Å². The Kier molecular flexibility index (Phi) is 10.3. The van der Waals surface area contributed by atoms with Crippen molar-refractivity contribution in [3.05, 3.63) is 60.2 Å². The summed E-state index contributed by atoms with van der Waals surface area (Å²) in [5.74, 6) is 2.02. The number of para-hydroxylation sites is 2. The van der Waals surface area contributed by atoms with Crippen molar-refractivity contribution in [3.63, 3.8) is 0 Å². The van der Waals surface area contributed by atoms with Gasteiger partial charge in [-0.05, 0) is 0 Å². The van der Waals surface area contributed by atoms with Crippen LogP contribution >= 0.6 is 0 Å². The molecule has 0 heterocycles. The molecule has 2 aromatic rings. The minimum atomic E-state index is -2.22. The third-order valence-electron chi connectivity index (χ3n) is 5.69. The average molecular weight is 473 g/mol. The van der Waals surface area contributed by atoms with E-state index in [1.807, 2.05) is 18.2 Å². The van der Waals surface area contributed by atoms with E-state index in [1.165, 1.54) is 48.5 Å². The number of unbranched alkanes of at least 4 members (excludes halogenated alkanes) is 3. The van der Waals surface area contributed by atoms with Gasteiger partial charge < -0.3 is 0 Å². The van der Waals surface area contributed by atoms with Gasteiger partial charge in [0.2, 0.25) is 0 Å². The van der Waals surface area contributed by atoms with E-state index < -0.39 is 18.4 Å². The van der Waals surface area contributed by atoms with Crippen molar-refractivity contribution in [1.82, 2.24) is 0 Å². The molecular weight excluding hydrogens is 435 g/mol. The van der Waals surface area contributed by atoms with Gasteiger partial charge in [-0.3, -0.25) is 0 Å². The first kappa shape index (κ1) is 22.3. The summed E-state index contributed by atoms with van der Waals surface area (Å²) in [6.07, 6.45) is 8.26. The summed E-state index contributed by atoms with van der Waals surface area (Å²) in [5.41, 5.74) is 1.46. The minimum absolute atomic E-state index is 0.946. The molecular formula is C25H38OSn. The zero-order valence-electron chi connectivity index (χ0n) is 17.7. The van der Waals surface area contributed by atoms with Crippen molar-refractivity contribution in [2.45, 2.75) is 77.0 Å². The molecule has 0 aliphatic rings. The average Bonchev–Trinajstić information content (AvgIpc) is 2.71. The monoisotopic (exact) mass is 474 g/mol. The quantitative estimate of drug-likeness (QED) is 0.266. The number of ether oxygens (including phenoxy) is 1. The summed E-state index contributed by atoms with van der Waals surface area (Å²) < 4.78 is 12.3. The van der Waals surface area contributed by atoms with E-state index in [0.717, 1.165) is 11.5 Å². The molecule has 148 valence electrons. The van der Waals surface area contributed by atoms with E-state index in [2.05, 4.69) is 57.2 Å². The fourth-order valence-electron chi connectivity index (χ4n) is 4.06. The van der Waals surface area contributed by atoms with Crippen molar-refractivity contribution in [2.24, 2.45) is 0 Å². The van der Waals surface area contributed by atoms with Crippen LogP contribution in [0.2, 0.25) is 13.3 Å². The third kappa shape index (κ3) is 7.52. The second kappa shape index (κ2) is 12.5. The van der Waals surface area contributed by atoms with Crippen LogP contribution in [0.5, 0.6) is 11.5 Å². The molecule has 0 aliphatic carbocycles. The Morgan fingerprint density at radius 1 is 0.667 bits per heavy atom. The van der Waals surface area contributed by atoms with Crippen LogP contribution in [-0.2, 0) is 4.44 Å². The van der Waals surface area contributed by atoms with Gasteiger partial charge in [-0.1, -0.05) is 0 Å². The maximum absolute atomic E-state index is 6.30. The predicted octanol–water partition coefficient (Wildman–Crippen LogP) is 8.41. The van der Waals surface area contributed by atoms with Crippen LogP contribution in [0.3, 0.4) is 0 Å². The molecule has 0 N–H and O–H groups in total. The summed E-state index contributed by atoms with van der Waals surface area (Å²) >= 11 is -2.22. The summed E-state index contributed by atoms with van der Waals surface area (Å²) in [4.78, 5) is 0. The molecule has 27 heavy (non-hydrogen) atoms.